The molecule has 2 fully saturated rings. The minimum Gasteiger partial charge on any atom is -0.390 e. The van der Waals surface area contributed by atoms with E-state index in [1.165, 1.54) is 0 Å². The van der Waals surface area contributed by atoms with Crippen molar-refractivity contribution < 1.29 is 5.11 Å². The van der Waals surface area contributed by atoms with Gasteiger partial charge in [-0.15, -0.1) is 0 Å². The molecule has 2 N–H and O–H groups in total. The second-order valence-electron chi connectivity index (χ2n) is 5.50. The van der Waals surface area contributed by atoms with Crippen LogP contribution >= 0.6 is 0 Å². The van der Waals surface area contributed by atoms with Gasteiger partial charge in [0.15, 0.2) is 0 Å². The number of likely N-dealkylation sites (N-methyl/N-ethyl adjacent to an activating group) is 1. The van der Waals surface area contributed by atoms with Crippen LogP contribution in [0.3, 0.4) is 0 Å². The van der Waals surface area contributed by atoms with E-state index in [0.717, 1.165) is 32.7 Å². The zero-order valence-corrected chi connectivity index (χ0v) is 10.0. The lowest BCUT2D eigenvalue weighted by atomic mass is 9.97. The van der Waals surface area contributed by atoms with E-state index in [1.807, 2.05) is 0 Å². The summed E-state index contributed by atoms with van der Waals surface area (Å²) in [5.41, 5.74) is 0.223. The van der Waals surface area contributed by atoms with E-state index >= 15 is 0 Å². The van der Waals surface area contributed by atoms with Crippen LogP contribution in [0.2, 0.25) is 0 Å². The predicted molar refractivity (Wildman–Crippen MR) is 60.9 cm³/mol. The molecular weight excluding hydrogens is 190 g/mol. The number of aliphatic hydroxyl groups excluding tert-OH is 1. The fourth-order valence-electron chi connectivity index (χ4n) is 2.58. The van der Waals surface area contributed by atoms with Crippen molar-refractivity contribution >= 4 is 0 Å². The molecule has 4 nitrogen and oxygen atoms in total. The van der Waals surface area contributed by atoms with Gasteiger partial charge in [-0.25, -0.2) is 0 Å². The normalized spacial score (nSPS) is 38.4. The Balaban J connectivity index is 2.00. The number of β-amino-alcohol motifs (C(OH)–C–C–N with tert-alkyl or cyclic N) is 1. The molecule has 0 radical (unpaired) electrons. The topological polar surface area (TPSA) is 38.7 Å². The molecule has 0 spiro atoms. The average molecular weight is 213 g/mol. The summed E-state index contributed by atoms with van der Waals surface area (Å²) in [4.78, 5) is 4.84. The number of nitrogens with zero attached hydrogens (tertiary/aromatic N) is 2. The van der Waals surface area contributed by atoms with E-state index in [2.05, 4.69) is 36.0 Å². The Kier molecular flexibility index (Phi) is 3.03. The van der Waals surface area contributed by atoms with E-state index in [-0.39, 0.29) is 11.6 Å². The Morgan fingerprint density at radius 1 is 1.27 bits per heavy atom. The number of aliphatic hydroxyl groups is 1. The van der Waals surface area contributed by atoms with Crippen molar-refractivity contribution in [1.29, 1.82) is 0 Å². The molecule has 2 aliphatic heterocycles. The van der Waals surface area contributed by atoms with Crippen molar-refractivity contribution in [3.8, 4) is 0 Å². The lowest BCUT2D eigenvalue weighted by molar-refractivity contribution is -0.00737. The van der Waals surface area contributed by atoms with Crippen LogP contribution in [0.4, 0.5) is 0 Å². The highest BCUT2D eigenvalue weighted by atomic mass is 16.3. The molecule has 2 unspecified atom stereocenters. The molecule has 0 aliphatic carbocycles. The van der Waals surface area contributed by atoms with E-state index < -0.39 is 0 Å². The molecular formula is C11H23N3O. The number of hydrogen-bond acceptors (Lipinski definition) is 4. The molecule has 4 heteroatoms. The molecule has 0 aromatic heterocycles. The summed E-state index contributed by atoms with van der Waals surface area (Å²) in [7, 11) is 2.18. The molecule has 0 amide bonds. The molecule has 0 aromatic rings. The van der Waals surface area contributed by atoms with Crippen molar-refractivity contribution in [2.45, 2.75) is 31.5 Å². The van der Waals surface area contributed by atoms with E-state index in [1.54, 1.807) is 0 Å². The summed E-state index contributed by atoms with van der Waals surface area (Å²) < 4.78 is 0. The Morgan fingerprint density at radius 2 is 2.00 bits per heavy atom. The number of nitrogens with one attached hydrogen (secondary N) is 1. The van der Waals surface area contributed by atoms with Crippen molar-refractivity contribution in [2.24, 2.45) is 0 Å². The highest BCUT2D eigenvalue weighted by Gasteiger charge is 2.38. The Bertz CT molecular complexity index is 232. The largest absolute Gasteiger partial charge is 0.390 e. The highest BCUT2D eigenvalue weighted by molar-refractivity contribution is 4.96. The van der Waals surface area contributed by atoms with Crippen molar-refractivity contribution in [3.05, 3.63) is 0 Å². The lowest BCUT2D eigenvalue weighted by Crippen LogP contribution is -2.61. The quantitative estimate of drug-likeness (QED) is 0.607. The zero-order valence-electron chi connectivity index (χ0n) is 10.0. The van der Waals surface area contributed by atoms with Gasteiger partial charge in [0, 0.05) is 44.3 Å². The Hall–Kier alpha value is -0.160. The molecule has 0 saturated carbocycles. The maximum Gasteiger partial charge on any atom is 0.0831 e. The van der Waals surface area contributed by atoms with Gasteiger partial charge in [0.25, 0.3) is 0 Å². The van der Waals surface area contributed by atoms with Crippen molar-refractivity contribution in [2.75, 3.05) is 39.8 Å². The molecule has 2 aliphatic rings. The average Bonchev–Trinajstić information content (AvgIpc) is 2.56. The van der Waals surface area contributed by atoms with Crippen LogP contribution in [0.15, 0.2) is 0 Å². The predicted octanol–water partition coefficient (Wildman–Crippen LogP) is -0.655. The van der Waals surface area contributed by atoms with E-state index in [9.17, 15) is 5.11 Å². The zero-order chi connectivity index (χ0) is 11.1. The van der Waals surface area contributed by atoms with Gasteiger partial charge in [0.1, 0.15) is 0 Å². The molecule has 0 bridgehead atoms. The molecule has 2 saturated heterocycles. The first-order chi connectivity index (χ1) is 7.00. The van der Waals surface area contributed by atoms with Crippen LogP contribution in [0, 0.1) is 0 Å². The minimum atomic E-state index is -0.191. The fraction of sp³-hybridized carbons (Fsp3) is 1.00. The molecule has 88 valence electrons. The third kappa shape index (κ3) is 2.18. The third-order valence-electron chi connectivity index (χ3n) is 3.97. The van der Waals surface area contributed by atoms with Gasteiger partial charge >= 0.3 is 0 Å². The summed E-state index contributed by atoms with van der Waals surface area (Å²) in [5.74, 6) is 0. The first-order valence-electron chi connectivity index (χ1n) is 5.85. The van der Waals surface area contributed by atoms with Gasteiger partial charge in [-0.2, -0.15) is 0 Å². The molecule has 2 rings (SSSR count). The summed E-state index contributed by atoms with van der Waals surface area (Å²) in [5, 5.41) is 13.1. The first kappa shape index (κ1) is 11.3. The summed E-state index contributed by atoms with van der Waals surface area (Å²) in [6.45, 7) is 9.44. The first-order valence-corrected chi connectivity index (χ1v) is 5.85. The SMILES string of the molecule is CN1CCN(C2CNCC2O)CC1(C)C. The minimum absolute atomic E-state index is 0.191. The summed E-state index contributed by atoms with van der Waals surface area (Å²) in [6.07, 6.45) is -0.191. The molecule has 2 heterocycles. The summed E-state index contributed by atoms with van der Waals surface area (Å²) >= 11 is 0. The van der Waals surface area contributed by atoms with Gasteiger partial charge < -0.3 is 10.4 Å². The van der Waals surface area contributed by atoms with E-state index in [4.69, 9.17) is 0 Å². The molecule has 15 heavy (non-hydrogen) atoms. The number of piperazine rings is 1. The Labute approximate surface area is 92.2 Å². The monoisotopic (exact) mass is 213 g/mol. The maximum atomic E-state index is 9.86. The fourth-order valence-corrected chi connectivity index (χ4v) is 2.58. The van der Waals surface area contributed by atoms with Crippen LogP contribution in [0.1, 0.15) is 13.8 Å². The van der Waals surface area contributed by atoms with Crippen molar-refractivity contribution in [1.82, 2.24) is 15.1 Å². The number of rotatable bonds is 1. The van der Waals surface area contributed by atoms with Gasteiger partial charge in [-0.3, -0.25) is 9.80 Å². The number of hydrogen-bond donors (Lipinski definition) is 2. The van der Waals surface area contributed by atoms with Crippen LogP contribution < -0.4 is 5.32 Å². The van der Waals surface area contributed by atoms with Crippen LogP contribution in [-0.2, 0) is 0 Å². The lowest BCUT2D eigenvalue weighted by Gasteiger charge is -2.47. The summed E-state index contributed by atoms with van der Waals surface area (Å²) in [6, 6.07) is 0.318. The second kappa shape index (κ2) is 4.01. The third-order valence-corrected chi connectivity index (χ3v) is 3.97. The van der Waals surface area contributed by atoms with Gasteiger partial charge in [0.05, 0.1) is 6.10 Å². The van der Waals surface area contributed by atoms with Gasteiger partial charge in [-0.05, 0) is 20.9 Å². The van der Waals surface area contributed by atoms with Crippen molar-refractivity contribution in [3.63, 3.8) is 0 Å². The Morgan fingerprint density at radius 3 is 2.53 bits per heavy atom. The second-order valence-corrected chi connectivity index (χ2v) is 5.50. The standard InChI is InChI=1S/C11H23N3O/c1-11(2)8-14(5-4-13(11)3)9-6-12-7-10(9)15/h9-10,12,15H,4-8H2,1-3H3. The van der Waals surface area contributed by atoms with Gasteiger partial charge in [-0.1, -0.05) is 0 Å². The van der Waals surface area contributed by atoms with Crippen LogP contribution in [0.25, 0.3) is 0 Å². The highest BCUT2D eigenvalue weighted by Crippen LogP contribution is 2.22. The van der Waals surface area contributed by atoms with Crippen LogP contribution in [0.5, 0.6) is 0 Å². The smallest absolute Gasteiger partial charge is 0.0831 e. The van der Waals surface area contributed by atoms with Crippen LogP contribution in [-0.4, -0.2) is 72.4 Å². The van der Waals surface area contributed by atoms with E-state index in [0.29, 0.717) is 6.04 Å². The molecule has 0 aromatic carbocycles. The maximum absolute atomic E-state index is 9.86. The van der Waals surface area contributed by atoms with Gasteiger partial charge in [0.2, 0.25) is 0 Å². The molecule has 2 atom stereocenters.